The molecule has 0 unspecified atom stereocenters. The average Bonchev–Trinajstić information content (AvgIpc) is 3.35. The van der Waals surface area contributed by atoms with Gasteiger partial charge in [-0.05, 0) is 42.9 Å². The summed E-state index contributed by atoms with van der Waals surface area (Å²) in [5.41, 5.74) is 4.26. The predicted molar refractivity (Wildman–Crippen MR) is 151 cm³/mol. The maximum atomic E-state index is 13.0. The minimum Gasteiger partial charge on any atom is -0.495 e. The second-order valence-electron chi connectivity index (χ2n) is 9.06. The van der Waals surface area contributed by atoms with E-state index in [2.05, 4.69) is 27.0 Å². The summed E-state index contributed by atoms with van der Waals surface area (Å²) in [6.07, 6.45) is 0. The highest BCUT2D eigenvalue weighted by molar-refractivity contribution is 6.41. The van der Waals surface area contributed by atoms with Crippen LogP contribution < -0.4 is 19.7 Å². The largest absolute Gasteiger partial charge is 0.495 e. The number of halogens is 2. The Morgan fingerprint density at radius 2 is 1.63 bits per heavy atom. The highest BCUT2D eigenvalue weighted by Gasteiger charge is 2.24. The summed E-state index contributed by atoms with van der Waals surface area (Å²) < 4.78 is 10.8. The molecule has 3 heterocycles. The van der Waals surface area contributed by atoms with E-state index >= 15 is 0 Å². The molecule has 1 saturated heterocycles. The molecule has 0 bridgehead atoms. The second kappa shape index (κ2) is 11.2. The molecule has 3 aromatic rings. The summed E-state index contributed by atoms with van der Waals surface area (Å²) in [4.78, 5) is 27.1. The van der Waals surface area contributed by atoms with E-state index in [9.17, 15) is 4.79 Å². The molecule has 1 fully saturated rings. The summed E-state index contributed by atoms with van der Waals surface area (Å²) in [6, 6.07) is 13.0. The Balaban J connectivity index is 1.31. The lowest BCUT2D eigenvalue weighted by molar-refractivity contribution is 0.0977. The Kier molecular flexibility index (Phi) is 7.74. The van der Waals surface area contributed by atoms with Gasteiger partial charge >= 0.3 is 0 Å². The Bertz CT molecular complexity index is 1360. The number of hydrogen-bond acceptors (Lipinski definition) is 7. The van der Waals surface area contributed by atoms with Crippen molar-refractivity contribution >= 4 is 40.6 Å². The minimum atomic E-state index is -0.216. The summed E-state index contributed by atoms with van der Waals surface area (Å²) in [6.45, 7) is 7.68. The highest BCUT2D eigenvalue weighted by atomic mass is 35.5. The number of nitrogens with one attached hydrogen (secondary N) is 1. The number of rotatable bonds is 6. The van der Waals surface area contributed by atoms with Crippen molar-refractivity contribution in [3.63, 3.8) is 0 Å². The Labute approximate surface area is 232 Å². The van der Waals surface area contributed by atoms with Gasteiger partial charge in [0.15, 0.2) is 0 Å². The van der Waals surface area contributed by atoms with Gasteiger partial charge in [-0.25, -0.2) is 4.98 Å². The third-order valence-corrected chi connectivity index (χ3v) is 7.74. The SMILES string of the molecule is CCN1CCN(c2ccc(C(=O)NC3=NCc4nc(-c5c(Cl)c(OC)cc(OC)c5Cl)ccc43)cc2)CC1. The van der Waals surface area contributed by atoms with E-state index in [0.29, 0.717) is 56.4 Å². The number of hydrogen-bond donors (Lipinski definition) is 1. The molecule has 0 atom stereocenters. The van der Waals surface area contributed by atoms with Crippen molar-refractivity contribution in [2.75, 3.05) is 51.8 Å². The second-order valence-corrected chi connectivity index (χ2v) is 9.82. The number of methoxy groups -OCH3 is 2. The zero-order chi connectivity index (χ0) is 26.8. The van der Waals surface area contributed by atoms with Crippen molar-refractivity contribution in [1.29, 1.82) is 0 Å². The minimum absolute atomic E-state index is 0.216. The molecule has 0 spiro atoms. The molecule has 2 aliphatic rings. The fraction of sp³-hybridized carbons (Fsp3) is 0.321. The molecule has 1 aromatic heterocycles. The molecule has 1 N–H and O–H groups in total. The summed E-state index contributed by atoms with van der Waals surface area (Å²) in [5.74, 6) is 1.14. The Morgan fingerprint density at radius 1 is 0.974 bits per heavy atom. The van der Waals surface area contributed by atoms with Crippen molar-refractivity contribution < 1.29 is 14.3 Å². The maximum absolute atomic E-state index is 13.0. The van der Waals surface area contributed by atoms with Crippen LogP contribution in [0, 0.1) is 0 Å². The molecule has 2 aliphatic heterocycles. The predicted octanol–water partition coefficient (Wildman–Crippen LogP) is 4.90. The number of aliphatic imine (C=N–C) groups is 1. The van der Waals surface area contributed by atoms with Crippen LogP contribution >= 0.6 is 23.2 Å². The first-order valence-electron chi connectivity index (χ1n) is 12.5. The first-order chi connectivity index (χ1) is 18.4. The fourth-order valence-electron chi connectivity index (χ4n) is 4.76. The van der Waals surface area contributed by atoms with E-state index in [1.54, 1.807) is 12.1 Å². The summed E-state index contributed by atoms with van der Waals surface area (Å²) in [5, 5.41) is 3.62. The third-order valence-electron chi connectivity index (χ3n) is 6.99. The number of anilines is 1. The van der Waals surface area contributed by atoms with Crippen LogP contribution in [0.3, 0.4) is 0 Å². The van der Waals surface area contributed by atoms with E-state index in [1.807, 2.05) is 30.3 Å². The molecule has 0 saturated carbocycles. The van der Waals surface area contributed by atoms with Gasteiger partial charge in [0.25, 0.3) is 5.91 Å². The number of carbonyl (C=O) groups excluding carboxylic acids is 1. The zero-order valence-corrected chi connectivity index (χ0v) is 23.1. The molecule has 2 aromatic carbocycles. The number of benzene rings is 2. The topological polar surface area (TPSA) is 79.3 Å². The van der Waals surface area contributed by atoms with Crippen LogP contribution in [-0.4, -0.2) is 68.6 Å². The van der Waals surface area contributed by atoms with Crippen LogP contribution in [-0.2, 0) is 6.54 Å². The maximum Gasteiger partial charge on any atom is 0.256 e. The normalized spacial score (nSPS) is 15.2. The van der Waals surface area contributed by atoms with E-state index in [4.69, 9.17) is 37.7 Å². The number of carbonyl (C=O) groups is 1. The highest BCUT2D eigenvalue weighted by Crippen LogP contribution is 2.45. The molecule has 198 valence electrons. The van der Waals surface area contributed by atoms with Gasteiger partial charge in [0.1, 0.15) is 17.3 Å². The van der Waals surface area contributed by atoms with Crippen molar-refractivity contribution in [3.8, 4) is 22.8 Å². The summed E-state index contributed by atoms with van der Waals surface area (Å²) >= 11 is 13.1. The lowest BCUT2D eigenvalue weighted by atomic mass is 10.1. The lowest BCUT2D eigenvalue weighted by Crippen LogP contribution is -2.46. The molecule has 10 heteroatoms. The van der Waals surface area contributed by atoms with Gasteiger partial charge in [-0.15, -0.1) is 0 Å². The fourth-order valence-corrected chi connectivity index (χ4v) is 5.45. The van der Waals surface area contributed by atoms with Crippen LogP contribution in [0.4, 0.5) is 5.69 Å². The summed E-state index contributed by atoms with van der Waals surface area (Å²) in [7, 11) is 3.05. The first-order valence-corrected chi connectivity index (χ1v) is 13.2. The van der Waals surface area contributed by atoms with Gasteiger partial charge in [-0.3, -0.25) is 9.79 Å². The molecule has 38 heavy (non-hydrogen) atoms. The Morgan fingerprint density at radius 3 is 2.24 bits per heavy atom. The van der Waals surface area contributed by atoms with Crippen LogP contribution in [0.5, 0.6) is 11.5 Å². The number of ether oxygens (including phenoxy) is 2. The molecule has 8 nitrogen and oxygen atoms in total. The van der Waals surface area contributed by atoms with Crippen LogP contribution in [0.2, 0.25) is 10.0 Å². The third kappa shape index (κ3) is 5.04. The average molecular weight is 554 g/mol. The van der Waals surface area contributed by atoms with Crippen molar-refractivity contribution in [2.24, 2.45) is 4.99 Å². The van der Waals surface area contributed by atoms with Crippen LogP contribution in [0.15, 0.2) is 47.5 Å². The number of piperazine rings is 1. The molecular formula is C28H29Cl2N5O3. The van der Waals surface area contributed by atoms with Crippen LogP contribution in [0.1, 0.15) is 28.5 Å². The van der Waals surface area contributed by atoms with Crippen LogP contribution in [0.25, 0.3) is 11.3 Å². The standard InChI is InChI=1S/C28H29Cl2N5O3/c1-4-34-11-13-35(14-12-34)18-7-5-17(6-8-18)28(36)33-27-19-9-10-20(32-21(19)16-31-27)24-25(29)22(37-2)15-23(38-3)26(24)30/h5-10,15H,4,11-14,16H2,1-3H3,(H,31,33,36). The van der Waals surface area contributed by atoms with Gasteiger partial charge in [-0.1, -0.05) is 30.1 Å². The molecule has 5 rings (SSSR count). The number of nitrogens with zero attached hydrogens (tertiary/aromatic N) is 4. The van der Waals surface area contributed by atoms with E-state index in [0.717, 1.165) is 44.0 Å². The van der Waals surface area contributed by atoms with Gasteiger partial charge in [0.05, 0.1) is 42.2 Å². The van der Waals surface area contributed by atoms with Crippen molar-refractivity contribution in [3.05, 3.63) is 69.3 Å². The number of pyridine rings is 1. The zero-order valence-electron chi connectivity index (χ0n) is 21.6. The van der Waals surface area contributed by atoms with Crippen molar-refractivity contribution in [1.82, 2.24) is 15.2 Å². The van der Waals surface area contributed by atoms with Gasteiger partial charge in [0, 0.05) is 54.6 Å². The quantitative estimate of drug-likeness (QED) is 0.467. The van der Waals surface area contributed by atoms with Gasteiger partial charge < -0.3 is 24.6 Å². The number of aromatic nitrogens is 1. The van der Waals surface area contributed by atoms with Gasteiger partial charge in [-0.2, -0.15) is 0 Å². The van der Waals surface area contributed by atoms with E-state index in [1.165, 1.54) is 14.2 Å². The van der Waals surface area contributed by atoms with Crippen molar-refractivity contribution in [2.45, 2.75) is 13.5 Å². The number of likely N-dealkylation sites (N-methyl/N-ethyl adjacent to an activating group) is 1. The number of amides is 1. The van der Waals surface area contributed by atoms with E-state index in [-0.39, 0.29) is 5.91 Å². The molecular weight excluding hydrogens is 525 g/mol. The molecule has 0 radical (unpaired) electrons. The Hall–Kier alpha value is -3.33. The lowest BCUT2D eigenvalue weighted by Gasteiger charge is -2.35. The number of fused-ring (bicyclic) bond motifs is 1. The monoisotopic (exact) mass is 553 g/mol. The molecule has 1 amide bonds. The smallest absolute Gasteiger partial charge is 0.256 e. The number of amidine groups is 1. The molecule has 0 aliphatic carbocycles. The van der Waals surface area contributed by atoms with E-state index < -0.39 is 0 Å². The van der Waals surface area contributed by atoms with Gasteiger partial charge in [0.2, 0.25) is 0 Å². The first kappa shape index (κ1) is 26.3.